The zero-order chi connectivity index (χ0) is 13.4. The highest BCUT2D eigenvalue weighted by molar-refractivity contribution is 9.10. The largest absolute Gasteiger partial charge is 0.396 e. The highest BCUT2D eigenvalue weighted by Crippen LogP contribution is 2.17. The van der Waals surface area contributed by atoms with E-state index in [1.54, 1.807) is 6.08 Å². The molecule has 1 aromatic carbocycles. The molecule has 0 saturated heterocycles. The monoisotopic (exact) mass is 314 g/mol. The summed E-state index contributed by atoms with van der Waals surface area (Å²) in [6.45, 7) is 4.18. The number of halogens is 1. The molecule has 0 spiro atoms. The van der Waals surface area contributed by atoms with Crippen LogP contribution >= 0.6 is 15.9 Å². The normalized spacial score (nSPS) is 14.2. The van der Waals surface area contributed by atoms with Crippen LogP contribution in [0.15, 0.2) is 41.4 Å². The van der Waals surface area contributed by atoms with E-state index in [9.17, 15) is 5.11 Å². The lowest BCUT2D eigenvalue weighted by Crippen LogP contribution is -2.28. The maximum Gasteiger partial charge on any atom is 0.0826 e. The van der Waals surface area contributed by atoms with Crippen molar-refractivity contribution in [3.8, 4) is 0 Å². The molecule has 100 valence electrons. The second-order valence-electron chi connectivity index (χ2n) is 4.14. The van der Waals surface area contributed by atoms with Crippen LogP contribution in [0.2, 0.25) is 0 Å². The Morgan fingerprint density at radius 2 is 2.11 bits per heavy atom. The van der Waals surface area contributed by atoms with Crippen molar-refractivity contribution in [2.75, 3.05) is 13.2 Å². The molecule has 0 aliphatic carbocycles. The molecule has 0 fully saturated rings. The smallest absolute Gasteiger partial charge is 0.0826 e. The predicted octanol–water partition coefficient (Wildman–Crippen LogP) is 2.51. The van der Waals surface area contributed by atoms with Gasteiger partial charge in [0.1, 0.15) is 0 Å². The highest BCUT2D eigenvalue weighted by Gasteiger charge is 2.17. The molecule has 4 heteroatoms. The zero-order valence-corrected chi connectivity index (χ0v) is 11.8. The van der Waals surface area contributed by atoms with Crippen molar-refractivity contribution >= 4 is 15.9 Å². The van der Waals surface area contributed by atoms with Gasteiger partial charge >= 0.3 is 0 Å². The molecule has 0 bridgehead atoms. The van der Waals surface area contributed by atoms with Crippen molar-refractivity contribution in [1.82, 2.24) is 0 Å². The fourth-order valence-corrected chi connectivity index (χ4v) is 2.01. The van der Waals surface area contributed by atoms with Gasteiger partial charge in [0, 0.05) is 17.0 Å². The molecule has 1 rings (SSSR count). The third-order valence-corrected chi connectivity index (χ3v) is 3.53. The minimum Gasteiger partial charge on any atom is -0.396 e. The SMILES string of the molecule is C=CC[C@H](CO)C(O)COCc1ccccc1Br. The first kappa shape index (κ1) is 15.4. The quantitative estimate of drug-likeness (QED) is 0.725. The summed E-state index contributed by atoms with van der Waals surface area (Å²) < 4.78 is 6.46. The maximum absolute atomic E-state index is 9.84. The van der Waals surface area contributed by atoms with E-state index in [4.69, 9.17) is 9.84 Å². The van der Waals surface area contributed by atoms with Gasteiger partial charge in [-0.05, 0) is 18.1 Å². The van der Waals surface area contributed by atoms with Crippen molar-refractivity contribution < 1.29 is 14.9 Å². The number of aliphatic hydroxyl groups is 2. The molecule has 0 aromatic heterocycles. The summed E-state index contributed by atoms with van der Waals surface area (Å²) in [5.41, 5.74) is 1.04. The second-order valence-corrected chi connectivity index (χ2v) is 5.00. The number of allylic oxidation sites excluding steroid dienone is 1. The van der Waals surface area contributed by atoms with Crippen LogP contribution in [0, 0.1) is 5.92 Å². The van der Waals surface area contributed by atoms with Crippen LogP contribution < -0.4 is 0 Å². The third kappa shape index (κ3) is 4.90. The van der Waals surface area contributed by atoms with Crippen LogP contribution in [0.3, 0.4) is 0 Å². The average molecular weight is 315 g/mol. The molecule has 3 nitrogen and oxygen atoms in total. The third-order valence-electron chi connectivity index (χ3n) is 2.75. The molecule has 0 aliphatic rings. The molecular weight excluding hydrogens is 296 g/mol. The van der Waals surface area contributed by atoms with Gasteiger partial charge in [0.25, 0.3) is 0 Å². The summed E-state index contributed by atoms with van der Waals surface area (Å²) in [5.74, 6) is -0.207. The Hall–Kier alpha value is -0.680. The van der Waals surface area contributed by atoms with E-state index in [-0.39, 0.29) is 19.1 Å². The maximum atomic E-state index is 9.84. The fourth-order valence-electron chi connectivity index (χ4n) is 1.61. The number of benzene rings is 1. The molecule has 0 radical (unpaired) electrons. The van der Waals surface area contributed by atoms with Crippen molar-refractivity contribution in [3.63, 3.8) is 0 Å². The molecular formula is C14H19BrO3. The van der Waals surface area contributed by atoms with Gasteiger partial charge in [0.2, 0.25) is 0 Å². The number of hydrogen-bond donors (Lipinski definition) is 2. The molecule has 0 heterocycles. The van der Waals surface area contributed by atoms with Crippen molar-refractivity contribution in [3.05, 3.63) is 47.0 Å². The first-order valence-electron chi connectivity index (χ1n) is 5.90. The first-order chi connectivity index (χ1) is 8.69. The minimum absolute atomic E-state index is 0.0639. The summed E-state index contributed by atoms with van der Waals surface area (Å²) in [5, 5.41) is 19.0. The molecule has 18 heavy (non-hydrogen) atoms. The number of rotatable bonds is 8. The molecule has 2 N–H and O–H groups in total. The fraction of sp³-hybridized carbons (Fsp3) is 0.429. The van der Waals surface area contributed by atoms with E-state index in [2.05, 4.69) is 22.5 Å². The summed E-state index contributed by atoms with van der Waals surface area (Å²) in [4.78, 5) is 0. The van der Waals surface area contributed by atoms with Gasteiger partial charge < -0.3 is 14.9 Å². The van der Waals surface area contributed by atoms with Crippen LogP contribution in [0.25, 0.3) is 0 Å². The van der Waals surface area contributed by atoms with Crippen LogP contribution in [-0.4, -0.2) is 29.5 Å². The van der Waals surface area contributed by atoms with Crippen LogP contribution in [0.5, 0.6) is 0 Å². The second kappa shape index (κ2) is 8.43. The topological polar surface area (TPSA) is 49.7 Å². The van der Waals surface area contributed by atoms with Gasteiger partial charge in [-0.2, -0.15) is 0 Å². The van der Waals surface area contributed by atoms with Gasteiger partial charge in [-0.1, -0.05) is 40.2 Å². The molecule has 0 amide bonds. The van der Waals surface area contributed by atoms with E-state index in [1.807, 2.05) is 24.3 Å². The predicted molar refractivity (Wildman–Crippen MR) is 75.2 cm³/mol. The van der Waals surface area contributed by atoms with Gasteiger partial charge in [0.05, 0.1) is 19.3 Å². The Morgan fingerprint density at radius 1 is 1.39 bits per heavy atom. The summed E-state index contributed by atoms with van der Waals surface area (Å²) >= 11 is 3.44. The van der Waals surface area contributed by atoms with Gasteiger partial charge in [0.15, 0.2) is 0 Å². The van der Waals surface area contributed by atoms with Crippen molar-refractivity contribution in [1.29, 1.82) is 0 Å². The van der Waals surface area contributed by atoms with Gasteiger partial charge in [-0.25, -0.2) is 0 Å². The molecule has 1 unspecified atom stereocenters. The Balaban J connectivity index is 2.37. The zero-order valence-electron chi connectivity index (χ0n) is 10.3. The van der Waals surface area contributed by atoms with Crippen molar-refractivity contribution in [2.24, 2.45) is 5.92 Å². The number of aliphatic hydroxyl groups excluding tert-OH is 2. The lowest BCUT2D eigenvalue weighted by Gasteiger charge is -2.19. The van der Waals surface area contributed by atoms with E-state index in [0.717, 1.165) is 10.0 Å². The average Bonchev–Trinajstić information content (AvgIpc) is 2.38. The van der Waals surface area contributed by atoms with Crippen LogP contribution in [0.4, 0.5) is 0 Å². The molecule has 0 aliphatic heterocycles. The van der Waals surface area contributed by atoms with E-state index < -0.39 is 6.10 Å². The van der Waals surface area contributed by atoms with E-state index in [1.165, 1.54) is 0 Å². The Kier molecular flexibility index (Phi) is 7.20. The van der Waals surface area contributed by atoms with E-state index in [0.29, 0.717) is 13.0 Å². The summed E-state index contributed by atoms with van der Waals surface area (Å²) in [7, 11) is 0. The lowest BCUT2D eigenvalue weighted by molar-refractivity contribution is -0.0153. The lowest BCUT2D eigenvalue weighted by atomic mass is 10.0. The van der Waals surface area contributed by atoms with Crippen molar-refractivity contribution in [2.45, 2.75) is 19.1 Å². The number of hydrogen-bond acceptors (Lipinski definition) is 3. The van der Waals surface area contributed by atoms with Crippen LogP contribution in [-0.2, 0) is 11.3 Å². The highest BCUT2D eigenvalue weighted by atomic mass is 79.9. The molecule has 2 atom stereocenters. The standard InChI is InChI=1S/C14H19BrO3/c1-2-5-11(8-16)14(17)10-18-9-12-6-3-4-7-13(12)15/h2-4,6-7,11,14,16-17H,1,5,8-10H2/t11-,14?/m1/s1. The van der Waals surface area contributed by atoms with E-state index >= 15 is 0 Å². The van der Waals surface area contributed by atoms with Gasteiger partial charge in [-0.15, -0.1) is 6.58 Å². The van der Waals surface area contributed by atoms with Crippen LogP contribution in [0.1, 0.15) is 12.0 Å². The Labute approximate surface area is 116 Å². The minimum atomic E-state index is -0.671. The molecule has 0 saturated carbocycles. The Morgan fingerprint density at radius 3 is 2.72 bits per heavy atom. The number of ether oxygens (including phenoxy) is 1. The van der Waals surface area contributed by atoms with Gasteiger partial charge in [-0.3, -0.25) is 0 Å². The molecule has 1 aromatic rings. The summed E-state index contributed by atoms with van der Waals surface area (Å²) in [6, 6.07) is 7.79. The summed E-state index contributed by atoms with van der Waals surface area (Å²) in [6.07, 6.45) is 1.60. The Bertz CT molecular complexity index is 368. The first-order valence-corrected chi connectivity index (χ1v) is 6.69.